The van der Waals surface area contributed by atoms with Gasteiger partial charge in [0.05, 0.1) is 11.4 Å². The van der Waals surface area contributed by atoms with Gasteiger partial charge in [0.15, 0.2) is 0 Å². The molecule has 3 rings (SSSR count). The lowest BCUT2D eigenvalue weighted by Crippen LogP contribution is -2.50. The van der Waals surface area contributed by atoms with Gasteiger partial charge >= 0.3 is 5.97 Å². The summed E-state index contributed by atoms with van der Waals surface area (Å²) in [5, 5.41) is 9.53. The SMILES string of the molecule is CN(CC(=O)N1C(C(=O)O)CC2CCCCC21)S(=O)(=O)c1ccccc1. The second-order valence-corrected chi connectivity index (χ2v) is 9.12. The molecule has 2 fully saturated rings. The second-order valence-electron chi connectivity index (χ2n) is 7.08. The number of sulfonamides is 1. The van der Waals surface area contributed by atoms with Crippen LogP contribution in [0, 0.1) is 5.92 Å². The number of carboxylic acids is 1. The number of rotatable bonds is 5. The molecule has 1 aliphatic heterocycles. The lowest BCUT2D eigenvalue weighted by atomic mass is 9.85. The number of carbonyl (C=O) groups is 2. The minimum atomic E-state index is -3.79. The Hall–Kier alpha value is -1.93. The summed E-state index contributed by atoms with van der Waals surface area (Å²) < 4.78 is 26.2. The fourth-order valence-electron chi connectivity index (χ4n) is 4.17. The third kappa shape index (κ3) is 3.48. The lowest BCUT2D eigenvalue weighted by Gasteiger charge is -2.33. The van der Waals surface area contributed by atoms with Gasteiger partial charge in [0.25, 0.3) is 0 Å². The number of hydrogen-bond donors (Lipinski definition) is 1. The predicted molar refractivity (Wildman–Crippen MR) is 94.9 cm³/mol. The largest absolute Gasteiger partial charge is 0.480 e. The standard InChI is InChI=1S/C18H24N2O5S/c1-19(26(24,25)14-8-3-2-4-9-14)12-17(21)20-15-10-6-5-7-13(15)11-16(20)18(22)23/h2-4,8-9,13,15-16H,5-7,10-12H2,1H3,(H,22,23). The van der Waals surface area contributed by atoms with Crippen LogP contribution >= 0.6 is 0 Å². The van der Waals surface area contributed by atoms with Gasteiger partial charge in [-0.05, 0) is 37.3 Å². The van der Waals surface area contributed by atoms with Crippen LogP contribution in [0.4, 0.5) is 0 Å². The summed E-state index contributed by atoms with van der Waals surface area (Å²) in [6, 6.07) is 6.96. The molecule has 0 aromatic heterocycles. The maximum absolute atomic E-state index is 12.9. The number of carbonyl (C=O) groups excluding carboxylic acids is 1. The van der Waals surface area contributed by atoms with Crippen LogP contribution in [0.2, 0.25) is 0 Å². The molecule has 26 heavy (non-hydrogen) atoms. The Kier molecular flexibility index (Phi) is 5.34. The van der Waals surface area contributed by atoms with Crippen molar-refractivity contribution in [1.82, 2.24) is 9.21 Å². The quantitative estimate of drug-likeness (QED) is 0.836. The summed E-state index contributed by atoms with van der Waals surface area (Å²) in [7, 11) is -2.44. The molecule has 1 amide bonds. The van der Waals surface area contributed by atoms with Gasteiger partial charge in [-0.3, -0.25) is 4.79 Å². The molecule has 2 aliphatic rings. The van der Waals surface area contributed by atoms with E-state index in [9.17, 15) is 23.1 Å². The van der Waals surface area contributed by atoms with Crippen molar-refractivity contribution in [3.63, 3.8) is 0 Å². The van der Waals surface area contributed by atoms with Crippen molar-refractivity contribution in [2.45, 2.75) is 49.1 Å². The molecule has 1 aromatic carbocycles. The zero-order chi connectivity index (χ0) is 18.9. The zero-order valence-electron chi connectivity index (χ0n) is 14.7. The highest BCUT2D eigenvalue weighted by Crippen LogP contribution is 2.40. The first-order valence-corrected chi connectivity index (χ1v) is 10.3. The summed E-state index contributed by atoms with van der Waals surface area (Å²) in [6.07, 6.45) is 4.19. The van der Waals surface area contributed by atoms with Gasteiger partial charge in [-0.2, -0.15) is 4.31 Å². The van der Waals surface area contributed by atoms with E-state index in [0.717, 1.165) is 30.0 Å². The molecular formula is C18H24N2O5S. The number of likely N-dealkylation sites (N-methyl/N-ethyl adjacent to an activating group) is 1. The summed E-state index contributed by atoms with van der Waals surface area (Å²) in [5.74, 6) is -1.25. The third-order valence-corrected chi connectivity index (χ3v) is 7.29. The second kappa shape index (κ2) is 7.36. The number of hydrogen-bond acceptors (Lipinski definition) is 4. The highest BCUT2D eigenvalue weighted by atomic mass is 32.2. The highest BCUT2D eigenvalue weighted by Gasteiger charge is 2.47. The summed E-state index contributed by atoms with van der Waals surface area (Å²) >= 11 is 0. The first-order valence-electron chi connectivity index (χ1n) is 8.87. The average Bonchev–Trinajstić information content (AvgIpc) is 3.02. The highest BCUT2D eigenvalue weighted by molar-refractivity contribution is 7.89. The molecule has 0 bridgehead atoms. The number of aliphatic carboxylic acids is 1. The van der Waals surface area contributed by atoms with E-state index < -0.39 is 27.9 Å². The molecule has 1 aromatic rings. The van der Waals surface area contributed by atoms with Crippen LogP contribution in [-0.4, -0.2) is 60.3 Å². The van der Waals surface area contributed by atoms with Crippen molar-refractivity contribution in [2.75, 3.05) is 13.6 Å². The van der Waals surface area contributed by atoms with Crippen LogP contribution < -0.4 is 0 Å². The molecule has 142 valence electrons. The summed E-state index contributed by atoms with van der Waals surface area (Å²) in [5.41, 5.74) is 0. The fraction of sp³-hybridized carbons (Fsp3) is 0.556. The number of amides is 1. The van der Waals surface area contributed by atoms with E-state index >= 15 is 0 Å². The van der Waals surface area contributed by atoms with Crippen molar-refractivity contribution in [3.8, 4) is 0 Å². The summed E-state index contributed by atoms with van der Waals surface area (Å²) in [6.45, 7) is -0.357. The van der Waals surface area contributed by atoms with Gasteiger partial charge in [0, 0.05) is 13.1 Å². The molecular weight excluding hydrogens is 356 g/mol. The first kappa shape index (κ1) is 18.8. The Balaban J connectivity index is 1.78. The predicted octanol–water partition coefficient (Wildman–Crippen LogP) is 1.55. The van der Waals surface area contributed by atoms with E-state index in [1.54, 1.807) is 18.2 Å². The minimum absolute atomic E-state index is 0.0924. The molecule has 1 N–H and O–H groups in total. The van der Waals surface area contributed by atoms with E-state index in [1.807, 2.05) is 0 Å². The number of fused-ring (bicyclic) bond motifs is 1. The lowest BCUT2D eigenvalue weighted by molar-refractivity contribution is -0.149. The monoisotopic (exact) mass is 380 g/mol. The first-order chi connectivity index (χ1) is 12.3. The Morgan fingerprint density at radius 2 is 1.85 bits per heavy atom. The van der Waals surface area contributed by atoms with Crippen LogP contribution in [0.1, 0.15) is 32.1 Å². The van der Waals surface area contributed by atoms with Gasteiger partial charge < -0.3 is 10.0 Å². The van der Waals surface area contributed by atoms with Crippen LogP contribution in [0.25, 0.3) is 0 Å². The molecule has 0 radical (unpaired) electrons. The van der Waals surface area contributed by atoms with Gasteiger partial charge in [0.1, 0.15) is 6.04 Å². The molecule has 1 aliphatic carbocycles. The number of carboxylic acid groups (broad SMARTS) is 1. The smallest absolute Gasteiger partial charge is 0.326 e. The molecule has 8 heteroatoms. The van der Waals surface area contributed by atoms with Crippen LogP contribution in [0.5, 0.6) is 0 Å². The minimum Gasteiger partial charge on any atom is -0.480 e. The van der Waals surface area contributed by atoms with E-state index in [2.05, 4.69) is 0 Å². The fourth-order valence-corrected chi connectivity index (χ4v) is 5.31. The van der Waals surface area contributed by atoms with Gasteiger partial charge in [-0.25, -0.2) is 13.2 Å². The van der Waals surface area contributed by atoms with Gasteiger partial charge in [-0.15, -0.1) is 0 Å². The Labute approximate surface area is 153 Å². The van der Waals surface area contributed by atoms with E-state index in [0.29, 0.717) is 6.42 Å². The average molecular weight is 380 g/mol. The van der Waals surface area contributed by atoms with Gasteiger partial charge in [-0.1, -0.05) is 31.0 Å². The molecule has 1 saturated carbocycles. The Morgan fingerprint density at radius 3 is 2.50 bits per heavy atom. The third-order valence-electron chi connectivity index (χ3n) is 5.47. The molecule has 3 unspecified atom stereocenters. The van der Waals surface area contributed by atoms with E-state index in [4.69, 9.17) is 0 Å². The number of nitrogens with zero attached hydrogens (tertiary/aromatic N) is 2. The molecule has 1 saturated heterocycles. The molecule has 3 atom stereocenters. The van der Waals surface area contributed by atoms with Crippen molar-refractivity contribution < 1.29 is 23.1 Å². The van der Waals surface area contributed by atoms with Crippen molar-refractivity contribution in [1.29, 1.82) is 0 Å². The van der Waals surface area contributed by atoms with Crippen molar-refractivity contribution in [2.24, 2.45) is 5.92 Å². The van der Waals surface area contributed by atoms with Crippen molar-refractivity contribution in [3.05, 3.63) is 30.3 Å². The van der Waals surface area contributed by atoms with Gasteiger partial charge in [0.2, 0.25) is 15.9 Å². The summed E-state index contributed by atoms with van der Waals surface area (Å²) in [4.78, 5) is 26.0. The molecule has 1 heterocycles. The Morgan fingerprint density at radius 1 is 1.19 bits per heavy atom. The molecule has 7 nitrogen and oxygen atoms in total. The van der Waals surface area contributed by atoms with E-state index in [-0.39, 0.29) is 23.4 Å². The zero-order valence-corrected chi connectivity index (χ0v) is 15.6. The number of likely N-dealkylation sites (tertiary alicyclic amines) is 1. The maximum Gasteiger partial charge on any atom is 0.326 e. The topological polar surface area (TPSA) is 95.0 Å². The number of benzene rings is 1. The molecule has 0 spiro atoms. The maximum atomic E-state index is 12.9. The normalized spacial score (nSPS) is 25.9. The van der Waals surface area contributed by atoms with Crippen molar-refractivity contribution >= 4 is 21.9 Å². The van der Waals surface area contributed by atoms with Crippen LogP contribution in [-0.2, 0) is 19.6 Å². The van der Waals surface area contributed by atoms with Crippen LogP contribution in [0.15, 0.2) is 35.2 Å². The van der Waals surface area contributed by atoms with Crippen LogP contribution in [0.3, 0.4) is 0 Å². The van der Waals surface area contributed by atoms with E-state index in [1.165, 1.54) is 24.1 Å². The Bertz CT molecular complexity index is 780.